The molecule has 0 bridgehead atoms. The zero-order valence-corrected chi connectivity index (χ0v) is 22.4. The topological polar surface area (TPSA) is 109 Å². The average Bonchev–Trinajstić information content (AvgIpc) is 3.62. The number of hydrogen-bond donors (Lipinski definition) is 1. The lowest BCUT2D eigenvalue weighted by Gasteiger charge is -2.12. The third-order valence-corrected chi connectivity index (χ3v) is 6.62. The number of aromatic nitrogens is 3. The molecule has 1 N–H and O–H groups in total. The van der Waals surface area contributed by atoms with Crippen molar-refractivity contribution in [2.45, 2.75) is 58.8 Å². The van der Waals surface area contributed by atoms with Crippen molar-refractivity contribution in [1.29, 1.82) is 0 Å². The fraction of sp³-hybridized carbons (Fsp3) is 0.517. The SMILES string of the molecule is CCOC(=O)CCNCCOc1ccc(CCc2noc(-c3cccnc3OCC3CCCC3)n2)cc1C. The molecule has 0 spiro atoms. The molecule has 38 heavy (non-hydrogen) atoms. The molecule has 1 aliphatic rings. The number of nitrogens with zero attached hydrogens (tertiary/aromatic N) is 3. The Kier molecular flexibility index (Phi) is 10.5. The molecule has 9 nitrogen and oxygen atoms in total. The number of hydrogen-bond acceptors (Lipinski definition) is 9. The van der Waals surface area contributed by atoms with Crippen LogP contribution in [0.4, 0.5) is 0 Å². The van der Waals surface area contributed by atoms with E-state index in [0.717, 1.165) is 23.3 Å². The van der Waals surface area contributed by atoms with Gasteiger partial charge in [0.15, 0.2) is 5.82 Å². The number of rotatable bonds is 15. The monoisotopic (exact) mass is 522 g/mol. The Morgan fingerprint density at radius 1 is 1.13 bits per heavy atom. The van der Waals surface area contributed by atoms with Crippen molar-refractivity contribution in [3.8, 4) is 23.1 Å². The van der Waals surface area contributed by atoms with Gasteiger partial charge < -0.3 is 24.1 Å². The molecule has 0 atom stereocenters. The minimum Gasteiger partial charge on any atom is -0.492 e. The number of ether oxygens (including phenoxy) is 3. The summed E-state index contributed by atoms with van der Waals surface area (Å²) in [5, 5.41) is 7.37. The molecule has 3 aromatic rings. The summed E-state index contributed by atoms with van der Waals surface area (Å²) in [5.74, 6) is 2.90. The summed E-state index contributed by atoms with van der Waals surface area (Å²) in [6.07, 6.45) is 8.53. The first-order chi connectivity index (χ1) is 18.6. The smallest absolute Gasteiger partial charge is 0.307 e. The van der Waals surface area contributed by atoms with E-state index in [4.69, 9.17) is 18.7 Å². The van der Waals surface area contributed by atoms with E-state index < -0.39 is 0 Å². The first kappa shape index (κ1) is 27.6. The summed E-state index contributed by atoms with van der Waals surface area (Å²) in [4.78, 5) is 20.4. The highest BCUT2D eigenvalue weighted by Crippen LogP contribution is 2.30. The number of aryl methyl sites for hydroxylation is 3. The van der Waals surface area contributed by atoms with Gasteiger partial charge in [-0.15, -0.1) is 0 Å². The van der Waals surface area contributed by atoms with Gasteiger partial charge in [-0.3, -0.25) is 4.79 Å². The molecule has 4 rings (SSSR count). The Hall–Kier alpha value is -3.46. The first-order valence-electron chi connectivity index (χ1n) is 13.6. The van der Waals surface area contributed by atoms with E-state index in [9.17, 15) is 4.79 Å². The van der Waals surface area contributed by atoms with Crippen LogP contribution in [0.1, 0.15) is 56.0 Å². The molecule has 9 heteroatoms. The summed E-state index contributed by atoms with van der Waals surface area (Å²) in [5.41, 5.74) is 2.98. The van der Waals surface area contributed by atoms with E-state index in [0.29, 0.717) is 69.3 Å². The second-order valence-electron chi connectivity index (χ2n) is 9.59. The largest absolute Gasteiger partial charge is 0.492 e. The van der Waals surface area contributed by atoms with Crippen molar-refractivity contribution in [2.24, 2.45) is 5.92 Å². The highest BCUT2D eigenvalue weighted by Gasteiger charge is 2.19. The van der Waals surface area contributed by atoms with E-state index >= 15 is 0 Å². The zero-order chi connectivity index (χ0) is 26.6. The summed E-state index contributed by atoms with van der Waals surface area (Å²) >= 11 is 0. The quantitative estimate of drug-likeness (QED) is 0.224. The summed E-state index contributed by atoms with van der Waals surface area (Å²) in [6, 6.07) is 9.95. The van der Waals surface area contributed by atoms with Gasteiger partial charge in [-0.1, -0.05) is 30.1 Å². The lowest BCUT2D eigenvalue weighted by Crippen LogP contribution is -2.24. The number of benzene rings is 1. The standard InChI is InChI=1S/C29H38N4O5/c1-3-35-27(34)14-16-30-17-18-36-25-12-10-22(19-21(25)2)11-13-26-32-29(38-33-26)24-9-6-15-31-28(24)37-20-23-7-4-5-8-23/h6,9-10,12,15,19,23,30H,3-5,7-8,11,13-14,16-18,20H2,1-2H3. The maximum atomic E-state index is 11.3. The zero-order valence-electron chi connectivity index (χ0n) is 22.4. The predicted octanol–water partition coefficient (Wildman–Crippen LogP) is 4.72. The molecule has 2 aromatic heterocycles. The molecule has 0 amide bonds. The van der Waals surface area contributed by atoms with Crippen molar-refractivity contribution >= 4 is 5.97 Å². The average molecular weight is 523 g/mol. The lowest BCUT2D eigenvalue weighted by atomic mass is 10.1. The molecule has 2 heterocycles. The third-order valence-electron chi connectivity index (χ3n) is 6.62. The number of carbonyl (C=O) groups is 1. The highest BCUT2D eigenvalue weighted by molar-refractivity contribution is 5.69. The fourth-order valence-electron chi connectivity index (χ4n) is 4.57. The number of esters is 1. The Morgan fingerprint density at radius 2 is 2.00 bits per heavy atom. The predicted molar refractivity (Wildman–Crippen MR) is 143 cm³/mol. The number of nitrogens with one attached hydrogen (secondary N) is 1. The van der Waals surface area contributed by atoms with Gasteiger partial charge in [0.05, 0.1) is 19.6 Å². The molecule has 204 valence electrons. The van der Waals surface area contributed by atoms with Gasteiger partial charge >= 0.3 is 5.97 Å². The first-order valence-corrected chi connectivity index (χ1v) is 13.6. The highest BCUT2D eigenvalue weighted by atomic mass is 16.5. The van der Waals surface area contributed by atoms with Gasteiger partial charge in [0.1, 0.15) is 17.9 Å². The third kappa shape index (κ3) is 8.28. The van der Waals surface area contributed by atoms with Crippen LogP contribution in [0.2, 0.25) is 0 Å². The molecule has 1 fully saturated rings. The summed E-state index contributed by atoms with van der Waals surface area (Å²) in [7, 11) is 0. The van der Waals surface area contributed by atoms with Gasteiger partial charge in [0.25, 0.3) is 5.89 Å². The van der Waals surface area contributed by atoms with Gasteiger partial charge in [-0.2, -0.15) is 4.98 Å². The van der Waals surface area contributed by atoms with Gasteiger partial charge in [-0.25, -0.2) is 4.98 Å². The van der Waals surface area contributed by atoms with E-state index in [-0.39, 0.29) is 5.97 Å². The van der Waals surface area contributed by atoms with Crippen molar-refractivity contribution in [1.82, 2.24) is 20.4 Å². The van der Waals surface area contributed by atoms with Crippen LogP contribution in [0.3, 0.4) is 0 Å². The molecule has 1 aromatic carbocycles. The molecular formula is C29H38N4O5. The molecular weight excluding hydrogens is 484 g/mol. The Morgan fingerprint density at radius 3 is 2.82 bits per heavy atom. The Balaban J connectivity index is 1.23. The van der Waals surface area contributed by atoms with E-state index in [1.165, 1.54) is 31.2 Å². The van der Waals surface area contributed by atoms with Crippen LogP contribution in [0, 0.1) is 12.8 Å². The van der Waals surface area contributed by atoms with Crippen molar-refractivity contribution in [2.75, 3.05) is 32.9 Å². The van der Waals surface area contributed by atoms with Gasteiger partial charge in [0.2, 0.25) is 5.88 Å². The molecule has 0 radical (unpaired) electrons. The van der Waals surface area contributed by atoms with E-state index in [2.05, 4.69) is 32.6 Å². The number of pyridine rings is 1. The molecule has 0 unspecified atom stereocenters. The molecule has 1 aliphatic carbocycles. The Bertz CT molecular complexity index is 1160. The number of carbonyl (C=O) groups excluding carboxylic acids is 1. The minimum atomic E-state index is -0.185. The molecule has 1 saturated carbocycles. The van der Waals surface area contributed by atoms with Crippen molar-refractivity contribution in [3.63, 3.8) is 0 Å². The van der Waals surface area contributed by atoms with E-state index in [1.54, 1.807) is 13.1 Å². The van der Waals surface area contributed by atoms with Crippen molar-refractivity contribution < 1.29 is 23.5 Å². The normalized spacial score (nSPS) is 13.5. The van der Waals surface area contributed by atoms with Crippen LogP contribution in [0.15, 0.2) is 41.1 Å². The maximum absolute atomic E-state index is 11.3. The van der Waals surface area contributed by atoms with E-state index in [1.807, 2.05) is 25.1 Å². The van der Waals surface area contributed by atoms with Crippen molar-refractivity contribution in [3.05, 3.63) is 53.5 Å². The minimum absolute atomic E-state index is 0.185. The summed E-state index contributed by atoms with van der Waals surface area (Å²) in [6.45, 7) is 6.69. The molecule has 0 aliphatic heterocycles. The molecule has 0 saturated heterocycles. The Labute approximate surface area is 224 Å². The van der Waals surface area contributed by atoms with Gasteiger partial charge in [-0.05, 0) is 68.4 Å². The fourth-order valence-corrected chi connectivity index (χ4v) is 4.57. The van der Waals surface area contributed by atoms with Crippen LogP contribution in [0.25, 0.3) is 11.5 Å². The van der Waals surface area contributed by atoms with Crippen LogP contribution < -0.4 is 14.8 Å². The van der Waals surface area contributed by atoms with Crippen LogP contribution in [-0.4, -0.2) is 54.0 Å². The van der Waals surface area contributed by atoms with Gasteiger partial charge in [0, 0.05) is 25.7 Å². The van der Waals surface area contributed by atoms with Crippen LogP contribution in [-0.2, 0) is 22.4 Å². The summed E-state index contributed by atoms with van der Waals surface area (Å²) < 4.78 is 22.4. The lowest BCUT2D eigenvalue weighted by molar-refractivity contribution is -0.142. The van der Waals surface area contributed by atoms with Crippen LogP contribution >= 0.6 is 0 Å². The maximum Gasteiger partial charge on any atom is 0.307 e. The second kappa shape index (κ2) is 14.5. The second-order valence-corrected chi connectivity index (χ2v) is 9.59. The van der Waals surface area contributed by atoms with Crippen LogP contribution in [0.5, 0.6) is 11.6 Å².